The first kappa shape index (κ1) is 23.3. The molecule has 2 N–H and O–H groups in total. The van der Waals surface area contributed by atoms with Crippen molar-refractivity contribution < 1.29 is 36.5 Å². The topological polar surface area (TPSA) is 111 Å². The van der Waals surface area contributed by atoms with Gasteiger partial charge in [-0.2, -0.15) is 9.57 Å². The van der Waals surface area contributed by atoms with Crippen LogP contribution in [0.3, 0.4) is 0 Å². The van der Waals surface area contributed by atoms with Crippen molar-refractivity contribution in [3.63, 3.8) is 0 Å². The van der Waals surface area contributed by atoms with Gasteiger partial charge in [0.2, 0.25) is 10.0 Å². The predicted octanol–water partition coefficient (Wildman–Crippen LogP) is 2.05. The van der Waals surface area contributed by atoms with E-state index in [1.54, 1.807) is 6.07 Å². The molecule has 0 unspecified atom stereocenters. The fraction of sp³-hybridized carbons (Fsp3) is 0.316. The van der Waals surface area contributed by atoms with Crippen LogP contribution in [-0.2, 0) is 10.0 Å². The number of β-amino-alcohol motifs (C(OH)–C–C–N with tert-alkyl or cyclic N) is 1. The molecule has 1 aliphatic rings. The molecule has 12 heteroatoms. The highest BCUT2D eigenvalue weighted by atomic mass is 35.5. The van der Waals surface area contributed by atoms with E-state index in [1.165, 1.54) is 12.1 Å². The van der Waals surface area contributed by atoms with Gasteiger partial charge >= 0.3 is 0 Å². The predicted molar refractivity (Wildman–Crippen MR) is 102 cm³/mol. The first-order chi connectivity index (χ1) is 14.5. The maximum Gasteiger partial charge on any atom is 0.244 e. The Kier molecular flexibility index (Phi) is 6.50. The first-order valence-electron chi connectivity index (χ1n) is 8.82. The van der Waals surface area contributed by atoms with Gasteiger partial charge in [0, 0.05) is 36.2 Å². The molecule has 1 aliphatic heterocycles. The lowest BCUT2D eigenvalue weighted by Gasteiger charge is -2.26. The fourth-order valence-electron chi connectivity index (χ4n) is 3.25. The lowest BCUT2D eigenvalue weighted by Crippen LogP contribution is -2.44. The van der Waals surface area contributed by atoms with Gasteiger partial charge in [0.05, 0.1) is 18.8 Å². The van der Waals surface area contributed by atoms with E-state index in [2.05, 4.69) is 0 Å². The maximum absolute atomic E-state index is 13.4. The average Bonchev–Trinajstić information content (AvgIpc) is 3.08. The zero-order chi connectivity index (χ0) is 23.0. The summed E-state index contributed by atoms with van der Waals surface area (Å²) in [5.74, 6) is -6.00. The molecule has 2 atom stereocenters. The number of nitrogens with zero attached hydrogens (tertiary/aromatic N) is 2. The van der Waals surface area contributed by atoms with Crippen LogP contribution in [0.25, 0.3) is 0 Å². The normalized spacial score (nSPS) is 21.8. The Balaban J connectivity index is 1.84. The Bertz CT molecular complexity index is 1130. The summed E-state index contributed by atoms with van der Waals surface area (Å²) >= 11 is 5.80. The number of hydrogen-bond acceptors (Lipinski definition) is 6. The third-order valence-corrected chi connectivity index (χ3v) is 7.10. The molecular formula is C19H16ClF3N2O5S. The van der Waals surface area contributed by atoms with Crippen molar-refractivity contribution in [2.24, 2.45) is 5.92 Å². The summed E-state index contributed by atoms with van der Waals surface area (Å²) < 4.78 is 71.9. The smallest absolute Gasteiger partial charge is 0.244 e. The molecule has 0 spiro atoms. The van der Waals surface area contributed by atoms with Crippen molar-refractivity contribution in [1.82, 2.24) is 4.31 Å². The summed E-state index contributed by atoms with van der Waals surface area (Å²) in [6.45, 7) is -2.09. The minimum atomic E-state index is -4.26. The highest BCUT2D eigenvalue weighted by Gasteiger charge is 2.49. The van der Waals surface area contributed by atoms with Crippen LogP contribution in [-0.4, -0.2) is 54.8 Å². The van der Waals surface area contributed by atoms with E-state index >= 15 is 0 Å². The van der Waals surface area contributed by atoms with Gasteiger partial charge in [0.15, 0.2) is 17.5 Å². The molecule has 3 rings (SSSR count). The molecule has 1 saturated heterocycles. The fourth-order valence-corrected chi connectivity index (χ4v) is 5.09. The molecule has 7 nitrogen and oxygen atoms in total. The second-order valence-electron chi connectivity index (χ2n) is 7.02. The number of nitriles is 1. The summed E-state index contributed by atoms with van der Waals surface area (Å²) in [6, 6.07) is 6.58. The van der Waals surface area contributed by atoms with Gasteiger partial charge in [-0.1, -0.05) is 11.6 Å². The zero-order valence-electron chi connectivity index (χ0n) is 15.7. The van der Waals surface area contributed by atoms with E-state index in [1.807, 2.05) is 0 Å². The van der Waals surface area contributed by atoms with Gasteiger partial charge in [-0.05, 0) is 18.2 Å². The Morgan fingerprint density at radius 2 is 1.90 bits per heavy atom. The standard InChI is InChI=1S/C19H16ClF3N2O5S/c20-13-1-2-17(11(3-13)6-24)31(28,29)25-7-12(19(27,9-25)10-26)8-30-14-4-15(21)18(23)16(22)5-14/h1-5,12,26-27H,7-10H2/t12-,19-/m1/s1. The Hall–Kier alpha value is -2.36. The zero-order valence-corrected chi connectivity index (χ0v) is 17.3. The number of aliphatic hydroxyl groups is 2. The monoisotopic (exact) mass is 476 g/mol. The Morgan fingerprint density at radius 1 is 1.26 bits per heavy atom. The molecule has 2 aromatic carbocycles. The summed E-state index contributed by atoms with van der Waals surface area (Å²) in [5, 5.41) is 29.8. The van der Waals surface area contributed by atoms with Gasteiger partial charge in [-0.25, -0.2) is 21.6 Å². The number of benzene rings is 2. The molecule has 166 valence electrons. The van der Waals surface area contributed by atoms with Gasteiger partial charge in [0.1, 0.15) is 22.3 Å². The van der Waals surface area contributed by atoms with Crippen molar-refractivity contribution in [1.29, 1.82) is 5.26 Å². The molecule has 0 amide bonds. The van der Waals surface area contributed by atoms with Crippen LogP contribution in [0.1, 0.15) is 5.56 Å². The van der Waals surface area contributed by atoms with Crippen LogP contribution in [0, 0.1) is 34.7 Å². The molecule has 0 aromatic heterocycles. The van der Waals surface area contributed by atoms with Crippen molar-refractivity contribution in [2.75, 3.05) is 26.3 Å². The summed E-state index contributed by atoms with van der Waals surface area (Å²) in [4.78, 5) is -0.330. The number of halogens is 4. The molecule has 0 radical (unpaired) electrons. The second-order valence-corrected chi connectivity index (χ2v) is 9.36. The molecule has 1 fully saturated rings. The van der Waals surface area contributed by atoms with E-state index in [4.69, 9.17) is 16.3 Å². The van der Waals surface area contributed by atoms with Crippen LogP contribution >= 0.6 is 11.6 Å². The van der Waals surface area contributed by atoms with Crippen molar-refractivity contribution in [3.05, 3.63) is 58.4 Å². The molecule has 1 heterocycles. The highest BCUT2D eigenvalue weighted by molar-refractivity contribution is 7.89. The number of sulfonamides is 1. The molecule has 0 bridgehead atoms. The second kappa shape index (κ2) is 8.64. The van der Waals surface area contributed by atoms with E-state index in [0.29, 0.717) is 12.1 Å². The van der Waals surface area contributed by atoms with E-state index < -0.39 is 58.8 Å². The lowest BCUT2D eigenvalue weighted by molar-refractivity contribution is -0.0452. The maximum atomic E-state index is 13.4. The van der Waals surface area contributed by atoms with E-state index in [9.17, 15) is 37.1 Å². The summed E-state index contributed by atoms with van der Waals surface area (Å²) in [6.07, 6.45) is 0. The SMILES string of the molecule is N#Cc1cc(Cl)ccc1S(=O)(=O)N1C[C@H](COc2cc(F)c(F)c(F)c2)[C@](O)(CO)C1. The lowest BCUT2D eigenvalue weighted by atomic mass is 9.92. The van der Waals surface area contributed by atoms with Gasteiger partial charge in [-0.15, -0.1) is 0 Å². The third kappa shape index (κ3) is 4.49. The average molecular weight is 477 g/mol. The molecule has 0 aliphatic carbocycles. The van der Waals surface area contributed by atoms with Crippen molar-refractivity contribution >= 4 is 21.6 Å². The van der Waals surface area contributed by atoms with Gasteiger partial charge in [0.25, 0.3) is 0 Å². The third-order valence-electron chi connectivity index (χ3n) is 5.00. The number of aliphatic hydroxyl groups excluding tert-OH is 1. The van der Waals surface area contributed by atoms with Crippen LogP contribution in [0.2, 0.25) is 5.02 Å². The largest absolute Gasteiger partial charge is 0.493 e. The quantitative estimate of drug-likeness (QED) is 0.617. The van der Waals surface area contributed by atoms with Gasteiger partial charge < -0.3 is 14.9 Å². The van der Waals surface area contributed by atoms with Gasteiger partial charge in [-0.3, -0.25) is 0 Å². The van der Waals surface area contributed by atoms with Crippen LogP contribution < -0.4 is 4.74 Å². The van der Waals surface area contributed by atoms with Crippen LogP contribution in [0.15, 0.2) is 35.2 Å². The molecular weight excluding hydrogens is 461 g/mol. The summed E-state index contributed by atoms with van der Waals surface area (Å²) in [7, 11) is -4.26. The number of rotatable bonds is 6. The molecule has 0 saturated carbocycles. The van der Waals surface area contributed by atoms with Crippen LogP contribution in [0.4, 0.5) is 13.2 Å². The summed E-state index contributed by atoms with van der Waals surface area (Å²) in [5.41, 5.74) is -2.12. The minimum absolute atomic E-state index is 0.161. The van der Waals surface area contributed by atoms with Crippen molar-refractivity contribution in [3.8, 4) is 11.8 Å². The van der Waals surface area contributed by atoms with E-state index in [-0.39, 0.29) is 27.8 Å². The highest BCUT2D eigenvalue weighted by Crippen LogP contribution is 2.34. The van der Waals surface area contributed by atoms with Crippen LogP contribution in [0.5, 0.6) is 5.75 Å². The Labute approximate surface area is 180 Å². The Morgan fingerprint density at radius 3 is 2.48 bits per heavy atom. The first-order valence-corrected chi connectivity index (χ1v) is 10.6. The van der Waals surface area contributed by atoms with Crippen molar-refractivity contribution in [2.45, 2.75) is 10.5 Å². The molecule has 2 aromatic rings. The number of ether oxygens (including phenoxy) is 1. The van der Waals surface area contributed by atoms with E-state index in [0.717, 1.165) is 10.4 Å². The molecule has 31 heavy (non-hydrogen) atoms. The number of hydrogen-bond donors (Lipinski definition) is 2. The minimum Gasteiger partial charge on any atom is -0.493 e.